The second kappa shape index (κ2) is 7.56. The van der Waals surface area contributed by atoms with Gasteiger partial charge in [-0.3, -0.25) is 15.5 Å². The van der Waals surface area contributed by atoms with E-state index in [1.165, 1.54) is 0 Å². The lowest BCUT2D eigenvalue weighted by atomic mass is 10.2. The highest BCUT2D eigenvalue weighted by atomic mass is 16.7. The molecule has 24 heavy (non-hydrogen) atoms. The summed E-state index contributed by atoms with van der Waals surface area (Å²) in [4.78, 5) is 14.0. The summed E-state index contributed by atoms with van der Waals surface area (Å²) in [5.41, 5.74) is 4.42. The quantitative estimate of drug-likeness (QED) is 0.441. The van der Waals surface area contributed by atoms with Crippen LogP contribution < -0.4 is 25.6 Å². The molecule has 2 heterocycles. The molecule has 2 aliphatic rings. The summed E-state index contributed by atoms with van der Waals surface area (Å²) in [6.45, 7) is 0.743. The van der Waals surface area contributed by atoms with E-state index >= 15 is 0 Å². The number of rotatable bonds is 3. The number of aliphatic hydroxyl groups is 1. The number of β-amino-alcohol motifs (C(OH)–C–C–N with tert-alkyl or cyclic N) is 1. The van der Waals surface area contributed by atoms with Gasteiger partial charge in [0, 0.05) is 39.2 Å². The van der Waals surface area contributed by atoms with Crippen LogP contribution in [-0.2, 0) is 4.79 Å². The van der Waals surface area contributed by atoms with Crippen LogP contribution in [0.5, 0.6) is 11.5 Å². The monoisotopic (exact) mass is 340 g/mol. The zero-order valence-corrected chi connectivity index (χ0v) is 14.0. The molecule has 1 saturated heterocycles. The van der Waals surface area contributed by atoms with Crippen LogP contribution in [0, 0.1) is 0 Å². The molecule has 1 aromatic carbocycles. The number of carboxylic acids is 1. The third kappa shape index (κ3) is 3.99. The number of carbonyl (C=O) groups is 1. The highest BCUT2D eigenvalue weighted by molar-refractivity contribution is 5.75. The van der Waals surface area contributed by atoms with Crippen molar-refractivity contribution in [3.8, 4) is 11.5 Å². The predicted molar refractivity (Wildman–Crippen MR) is 89.4 cm³/mol. The molecule has 5 N–H and O–H groups in total. The van der Waals surface area contributed by atoms with Crippen LogP contribution in [0.4, 0.5) is 11.4 Å². The van der Waals surface area contributed by atoms with Crippen LogP contribution in [0.3, 0.4) is 0 Å². The van der Waals surface area contributed by atoms with Gasteiger partial charge in [0.25, 0.3) is 0 Å². The predicted octanol–water partition coefficient (Wildman–Crippen LogP) is -0.0971. The van der Waals surface area contributed by atoms with Crippen LogP contribution in [0.15, 0.2) is 12.1 Å². The summed E-state index contributed by atoms with van der Waals surface area (Å²) >= 11 is 0. The van der Waals surface area contributed by atoms with E-state index in [1.807, 2.05) is 31.1 Å². The van der Waals surface area contributed by atoms with E-state index < -0.39 is 18.1 Å². The zero-order valence-electron chi connectivity index (χ0n) is 14.0. The average Bonchev–Trinajstić information content (AvgIpc) is 3.11. The van der Waals surface area contributed by atoms with E-state index in [1.54, 1.807) is 11.9 Å². The molecule has 1 aromatic rings. The fraction of sp³-hybridized carbons (Fsp3) is 0.533. The summed E-state index contributed by atoms with van der Waals surface area (Å²) in [7, 11) is 5.59. The number of ether oxygens (including phenoxy) is 2. The number of fused-ring (bicyclic) bond motifs is 1. The number of hydrogen-bond acceptors (Lipinski definition) is 8. The van der Waals surface area contributed by atoms with E-state index in [0.29, 0.717) is 13.0 Å². The van der Waals surface area contributed by atoms with Crippen LogP contribution in [0.25, 0.3) is 0 Å². The Morgan fingerprint density at radius 3 is 2.42 bits per heavy atom. The molecule has 9 nitrogen and oxygen atoms in total. The number of aliphatic carboxylic acids is 1. The first-order chi connectivity index (χ1) is 11.3. The second-order valence-electron chi connectivity index (χ2n) is 5.94. The van der Waals surface area contributed by atoms with E-state index in [2.05, 4.69) is 5.43 Å². The maximum Gasteiger partial charge on any atom is 0.321 e. The average molecular weight is 340 g/mol. The van der Waals surface area contributed by atoms with Crippen molar-refractivity contribution in [2.75, 3.05) is 44.8 Å². The summed E-state index contributed by atoms with van der Waals surface area (Å²) in [6.07, 6.45) is -0.114. The summed E-state index contributed by atoms with van der Waals surface area (Å²) in [5.74, 6) is 6.04. The molecule has 1 fully saturated rings. The number of aliphatic hydroxyl groups excluding tert-OH is 1. The molecule has 3 rings (SSSR count). The number of hydrazine groups is 1. The van der Waals surface area contributed by atoms with E-state index in [0.717, 1.165) is 22.9 Å². The number of anilines is 2. The molecule has 0 radical (unpaired) electrons. The minimum absolute atomic E-state index is 0.274. The first-order valence-electron chi connectivity index (χ1n) is 7.52. The van der Waals surface area contributed by atoms with Gasteiger partial charge in [0.05, 0.1) is 17.5 Å². The Morgan fingerprint density at radius 1 is 1.38 bits per heavy atom. The van der Waals surface area contributed by atoms with E-state index in [-0.39, 0.29) is 6.79 Å². The SMILES string of the molecule is CN(C)c1cc2c(cc1NN)OCO2.CN1CC(O)CC1C(=O)O. The number of likely N-dealkylation sites (tertiary alicyclic amines) is 1. The number of nitrogens with one attached hydrogen (secondary N) is 1. The third-order valence-corrected chi connectivity index (χ3v) is 3.94. The van der Waals surface area contributed by atoms with Crippen molar-refractivity contribution in [1.29, 1.82) is 0 Å². The number of nitrogens with zero attached hydrogens (tertiary/aromatic N) is 2. The Bertz CT molecular complexity index is 595. The third-order valence-electron chi connectivity index (χ3n) is 3.94. The molecule has 0 spiro atoms. The van der Waals surface area contributed by atoms with Gasteiger partial charge in [-0.25, -0.2) is 0 Å². The first kappa shape index (κ1) is 18.1. The number of nitrogens with two attached hydrogens (primary N) is 1. The van der Waals surface area contributed by atoms with Gasteiger partial charge in [0.15, 0.2) is 11.5 Å². The molecule has 0 aromatic heterocycles. The van der Waals surface area contributed by atoms with Gasteiger partial charge in [-0.05, 0) is 7.05 Å². The maximum absolute atomic E-state index is 10.4. The highest BCUT2D eigenvalue weighted by Gasteiger charge is 2.32. The molecule has 2 unspecified atom stereocenters. The van der Waals surface area contributed by atoms with Gasteiger partial charge in [-0.15, -0.1) is 0 Å². The standard InChI is InChI=1S/C9H13N3O2.C6H11NO3/c1-12(2)7-4-9-8(13-5-14-9)3-6(7)11-10;1-7-3-4(8)2-5(7)6(9)10/h3-4,11H,5,10H2,1-2H3;4-5,8H,2-3H2,1H3,(H,9,10). The lowest BCUT2D eigenvalue weighted by Gasteiger charge is -2.17. The topological polar surface area (TPSA) is 121 Å². The van der Waals surface area contributed by atoms with Crippen molar-refractivity contribution in [1.82, 2.24) is 4.90 Å². The van der Waals surface area contributed by atoms with E-state index in [4.69, 9.17) is 25.5 Å². The van der Waals surface area contributed by atoms with Gasteiger partial charge in [-0.2, -0.15) is 0 Å². The van der Waals surface area contributed by atoms with Gasteiger partial charge in [-0.1, -0.05) is 0 Å². The van der Waals surface area contributed by atoms with Crippen LogP contribution in [0.1, 0.15) is 6.42 Å². The Kier molecular flexibility index (Phi) is 5.71. The Balaban J connectivity index is 0.000000185. The molecule has 2 aliphatic heterocycles. The summed E-state index contributed by atoms with van der Waals surface area (Å²) in [6, 6.07) is 3.24. The zero-order chi connectivity index (χ0) is 17.9. The second-order valence-corrected chi connectivity index (χ2v) is 5.94. The minimum atomic E-state index is -0.848. The van der Waals surface area contributed by atoms with Crippen molar-refractivity contribution < 1.29 is 24.5 Å². The number of carboxylic acid groups (broad SMARTS) is 1. The van der Waals surface area contributed by atoms with Gasteiger partial charge >= 0.3 is 5.97 Å². The fourth-order valence-corrected chi connectivity index (χ4v) is 2.68. The summed E-state index contributed by atoms with van der Waals surface area (Å²) < 4.78 is 10.5. The largest absolute Gasteiger partial charge is 0.480 e. The molecule has 2 atom stereocenters. The molecular weight excluding hydrogens is 316 g/mol. The van der Waals surface area contributed by atoms with Crippen molar-refractivity contribution in [2.24, 2.45) is 5.84 Å². The smallest absolute Gasteiger partial charge is 0.321 e. The molecule has 0 bridgehead atoms. The lowest BCUT2D eigenvalue weighted by Crippen LogP contribution is -2.32. The number of hydrogen-bond donors (Lipinski definition) is 4. The summed E-state index contributed by atoms with van der Waals surface area (Å²) in [5, 5.41) is 17.6. The van der Waals surface area contributed by atoms with Gasteiger partial charge in [0.2, 0.25) is 6.79 Å². The molecule has 0 saturated carbocycles. The van der Waals surface area contributed by atoms with Crippen molar-refractivity contribution >= 4 is 17.3 Å². The molecule has 0 amide bonds. The molecule has 134 valence electrons. The van der Waals surface area contributed by atoms with E-state index in [9.17, 15) is 4.79 Å². The van der Waals surface area contributed by atoms with Crippen LogP contribution in [-0.4, -0.2) is 67.7 Å². The molecule has 9 heteroatoms. The van der Waals surface area contributed by atoms with Crippen LogP contribution >= 0.6 is 0 Å². The number of benzene rings is 1. The number of nitrogen functional groups attached to an aromatic ring is 1. The van der Waals surface area contributed by atoms with Gasteiger partial charge in [0.1, 0.15) is 6.04 Å². The highest BCUT2D eigenvalue weighted by Crippen LogP contribution is 2.40. The molecule has 0 aliphatic carbocycles. The van der Waals surface area contributed by atoms with Crippen LogP contribution in [0.2, 0.25) is 0 Å². The maximum atomic E-state index is 10.4. The lowest BCUT2D eigenvalue weighted by molar-refractivity contribution is -0.141. The Morgan fingerprint density at radius 2 is 2.00 bits per heavy atom. The number of likely N-dealkylation sites (N-methyl/N-ethyl adjacent to an activating group) is 1. The Labute approximate surface area is 140 Å². The minimum Gasteiger partial charge on any atom is -0.480 e. The van der Waals surface area contributed by atoms with Crippen molar-refractivity contribution in [3.63, 3.8) is 0 Å². The first-order valence-corrected chi connectivity index (χ1v) is 7.52. The Hall–Kier alpha value is -2.23. The molecular formula is C15H24N4O5. The normalized spacial score (nSPS) is 21.9. The van der Waals surface area contributed by atoms with Crippen molar-refractivity contribution in [3.05, 3.63) is 12.1 Å². The van der Waals surface area contributed by atoms with Crippen molar-refractivity contribution in [2.45, 2.75) is 18.6 Å². The van der Waals surface area contributed by atoms with Gasteiger partial charge < -0.3 is 30.0 Å². The fourth-order valence-electron chi connectivity index (χ4n) is 2.68.